The Hall–Kier alpha value is -1.29. The van der Waals surface area contributed by atoms with Crippen LogP contribution in [0.25, 0.3) is 0 Å². The maximum atomic E-state index is 11.1. The lowest BCUT2D eigenvalue weighted by Crippen LogP contribution is -2.54. The second kappa shape index (κ2) is 4.29. The van der Waals surface area contributed by atoms with Crippen LogP contribution >= 0.6 is 0 Å². The minimum Gasteiger partial charge on any atom is -0.415 e. The first kappa shape index (κ1) is 12.8. The molecule has 0 bridgehead atoms. The highest BCUT2D eigenvalue weighted by atomic mass is 16.6. The average Bonchev–Trinajstić information content (AvgIpc) is 2.16. The first-order valence-electron chi connectivity index (χ1n) is 5.38. The van der Waals surface area contributed by atoms with Gasteiger partial charge in [0.25, 0.3) is 0 Å². The van der Waals surface area contributed by atoms with Gasteiger partial charge in [0.2, 0.25) is 0 Å². The number of allylic oxidation sites excluding steroid dienone is 2. The number of alkyl carbamates (subject to hydrolysis) is 1. The van der Waals surface area contributed by atoms with Crippen molar-refractivity contribution in [2.75, 3.05) is 28.2 Å². The smallest absolute Gasteiger partial charge is 0.412 e. The van der Waals surface area contributed by atoms with Crippen molar-refractivity contribution < 1.29 is 14.0 Å². The van der Waals surface area contributed by atoms with Gasteiger partial charge < -0.3 is 14.5 Å². The minimum atomic E-state index is -0.412. The molecule has 0 saturated carbocycles. The van der Waals surface area contributed by atoms with Crippen molar-refractivity contribution in [3.05, 3.63) is 24.0 Å². The number of likely N-dealkylation sites (N-methyl/N-ethyl adjacent to an activating group) is 1. The van der Waals surface area contributed by atoms with E-state index in [-0.39, 0.29) is 5.54 Å². The van der Waals surface area contributed by atoms with E-state index >= 15 is 0 Å². The van der Waals surface area contributed by atoms with E-state index in [4.69, 9.17) is 4.74 Å². The summed E-state index contributed by atoms with van der Waals surface area (Å²) in [6.07, 6.45) is 6.26. The first-order chi connectivity index (χ1) is 7.28. The quantitative estimate of drug-likeness (QED) is 0.726. The van der Waals surface area contributed by atoms with Crippen LogP contribution < -0.4 is 5.32 Å². The summed E-state index contributed by atoms with van der Waals surface area (Å²) in [6, 6.07) is 0. The van der Waals surface area contributed by atoms with Gasteiger partial charge in [0.15, 0.2) is 0 Å². The third kappa shape index (κ3) is 2.64. The van der Waals surface area contributed by atoms with Gasteiger partial charge in [-0.3, -0.25) is 0 Å². The number of amides is 1. The molecule has 0 aromatic carbocycles. The van der Waals surface area contributed by atoms with Crippen molar-refractivity contribution in [3.63, 3.8) is 0 Å². The van der Waals surface area contributed by atoms with Crippen molar-refractivity contribution in [3.8, 4) is 0 Å². The summed E-state index contributed by atoms with van der Waals surface area (Å²) in [5, 5.41) is 2.45. The molecule has 1 N–H and O–H groups in total. The van der Waals surface area contributed by atoms with E-state index in [2.05, 4.69) is 39.5 Å². The average molecular weight is 225 g/mol. The van der Waals surface area contributed by atoms with E-state index in [9.17, 15) is 4.79 Å². The first-order valence-corrected chi connectivity index (χ1v) is 5.38. The Kier molecular flexibility index (Phi) is 3.43. The maximum Gasteiger partial charge on any atom is 0.412 e. The molecule has 0 radical (unpaired) electrons. The summed E-state index contributed by atoms with van der Waals surface area (Å²) in [4.78, 5) is 11.1. The summed E-state index contributed by atoms with van der Waals surface area (Å²) in [7, 11) is 7.95. The van der Waals surface area contributed by atoms with Crippen LogP contribution in [0.4, 0.5) is 4.79 Å². The Bertz CT molecular complexity index is 339. The third-order valence-corrected chi connectivity index (χ3v) is 3.23. The van der Waals surface area contributed by atoms with Crippen molar-refractivity contribution in [1.82, 2.24) is 5.32 Å². The van der Waals surface area contributed by atoms with Crippen LogP contribution in [0, 0.1) is 0 Å². The highest BCUT2D eigenvalue weighted by molar-refractivity contribution is 5.68. The fourth-order valence-corrected chi connectivity index (χ4v) is 1.53. The van der Waals surface area contributed by atoms with E-state index in [0.717, 1.165) is 10.9 Å². The Morgan fingerprint density at radius 2 is 2.12 bits per heavy atom. The molecular weight excluding hydrogens is 204 g/mol. The molecule has 1 unspecified atom stereocenters. The zero-order valence-corrected chi connectivity index (χ0v) is 10.7. The summed E-state index contributed by atoms with van der Waals surface area (Å²) >= 11 is 0. The number of nitrogens with one attached hydrogen (secondary N) is 1. The van der Waals surface area contributed by atoms with Gasteiger partial charge in [0.1, 0.15) is 11.3 Å². The van der Waals surface area contributed by atoms with Crippen molar-refractivity contribution >= 4 is 6.09 Å². The molecule has 4 nitrogen and oxygen atoms in total. The standard InChI is InChI=1S/C12H20N2O2/c1-12(14(3,4)5)8-6-7-10(9-12)16-11(15)13-2/h6-8H,9H2,1-5H3/p+1. The van der Waals surface area contributed by atoms with E-state index in [1.807, 2.05) is 12.2 Å². The molecule has 0 saturated heterocycles. The highest BCUT2D eigenvalue weighted by Gasteiger charge is 2.38. The second-order valence-electron chi connectivity index (χ2n) is 5.18. The number of carbonyl (C=O) groups excluding carboxylic acids is 1. The van der Waals surface area contributed by atoms with Crippen molar-refractivity contribution in [1.29, 1.82) is 0 Å². The number of quaternary nitrogens is 1. The molecule has 1 atom stereocenters. The van der Waals surface area contributed by atoms with Crippen LogP contribution in [-0.4, -0.2) is 44.3 Å². The van der Waals surface area contributed by atoms with E-state index in [0.29, 0.717) is 5.76 Å². The lowest BCUT2D eigenvalue weighted by molar-refractivity contribution is -0.914. The summed E-state index contributed by atoms with van der Waals surface area (Å²) in [5.74, 6) is 0.706. The van der Waals surface area contributed by atoms with Gasteiger partial charge in [-0.1, -0.05) is 6.08 Å². The summed E-state index contributed by atoms with van der Waals surface area (Å²) < 4.78 is 5.97. The Morgan fingerprint density at radius 1 is 1.50 bits per heavy atom. The lowest BCUT2D eigenvalue weighted by Gasteiger charge is -2.43. The Morgan fingerprint density at radius 3 is 2.62 bits per heavy atom. The Balaban J connectivity index is 2.78. The number of rotatable bonds is 2. The molecule has 0 fully saturated rings. The lowest BCUT2D eigenvalue weighted by atomic mass is 9.89. The number of hydrogen-bond acceptors (Lipinski definition) is 2. The molecule has 1 aliphatic rings. The van der Waals surface area contributed by atoms with Gasteiger partial charge in [-0.25, -0.2) is 4.79 Å². The number of nitrogens with zero attached hydrogens (tertiary/aromatic N) is 1. The molecule has 0 aromatic heterocycles. The topological polar surface area (TPSA) is 38.3 Å². The molecule has 1 amide bonds. The van der Waals surface area contributed by atoms with E-state index < -0.39 is 6.09 Å². The summed E-state index contributed by atoms with van der Waals surface area (Å²) in [6.45, 7) is 2.16. The molecule has 0 heterocycles. The van der Waals surface area contributed by atoms with Crippen LogP contribution in [0.1, 0.15) is 13.3 Å². The van der Waals surface area contributed by atoms with Gasteiger partial charge >= 0.3 is 6.09 Å². The normalized spacial score (nSPS) is 24.9. The molecular formula is C12H21N2O2+. The van der Waals surface area contributed by atoms with E-state index in [1.54, 1.807) is 7.05 Å². The molecule has 0 aromatic rings. The van der Waals surface area contributed by atoms with Gasteiger partial charge in [0.05, 0.1) is 27.6 Å². The Labute approximate surface area is 97.2 Å². The fourth-order valence-electron chi connectivity index (χ4n) is 1.53. The van der Waals surface area contributed by atoms with Crippen LogP contribution in [0.5, 0.6) is 0 Å². The van der Waals surface area contributed by atoms with Crippen molar-refractivity contribution in [2.45, 2.75) is 18.9 Å². The maximum absolute atomic E-state index is 11.1. The largest absolute Gasteiger partial charge is 0.415 e. The van der Waals surface area contributed by atoms with Crippen LogP contribution in [-0.2, 0) is 4.74 Å². The summed E-state index contributed by atoms with van der Waals surface area (Å²) in [5.41, 5.74) is -0.0435. The van der Waals surface area contributed by atoms with Gasteiger partial charge in [-0.2, -0.15) is 0 Å². The van der Waals surface area contributed by atoms with Crippen LogP contribution in [0.15, 0.2) is 24.0 Å². The molecule has 0 spiro atoms. The third-order valence-electron chi connectivity index (χ3n) is 3.23. The number of ether oxygens (including phenoxy) is 1. The molecule has 0 aliphatic heterocycles. The van der Waals surface area contributed by atoms with Gasteiger partial charge in [-0.05, 0) is 19.1 Å². The zero-order valence-electron chi connectivity index (χ0n) is 10.7. The molecule has 90 valence electrons. The van der Waals surface area contributed by atoms with Crippen LogP contribution in [0.3, 0.4) is 0 Å². The minimum absolute atomic E-state index is 0.0435. The van der Waals surface area contributed by atoms with Crippen LogP contribution in [0.2, 0.25) is 0 Å². The molecule has 1 aliphatic carbocycles. The monoisotopic (exact) mass is 225 g/mol. The highest BCUT2D eigenvalue weighted by Crippen LogP contribution is 2.31. The number of carbonyl (C=O) groups is 1. The SMILES string of the molecule is CNC(=O)OC1=CC=CC(C)([N+](C)(C)C)C1. The van der Waals surface area contributed by atoms with Crippen molar-refractivity contribution in [2.24, 2.45) is 0 Å². The molecule has 1 rings (SSSR count). The number of hydrogen-bond donors (Lipinski definition) is 1. The van der Waals surface area contributed by atoms with Gasteiger partial charge in [-0.15, -0.1) is 0 Å². The zero-order chi connectivity index (χ0) is 12.4. The predicted molar refractivity (Wildman–Crippen MR) is 63.8 cm³/mol. The second-order valence-corrected chi connectivity index (χ2v) is 5.18. The van der Waals surface area contributed by atoms with Gasteiger partial charge in [0, 0.05) is 7.05 Å². The molecule has 4 heteroatoms. The molecule has 16 heavy (non-hydrogen) atoms. The fraction of sp³-hybridized carbons (Fsp3) is 0.583. The predicted octanol–water partition coefficient (Wildman–Crippen LogP) is 1.65. The van der Waals surface area contributed by atoms with E-state index in [1.165, 1.54) is 0 Å².